The minimum absolute atomic E-state index is 0.155. The van der Waals surface area contributed by atoms with Gasteiger partial charge in [-0.3, -0.25) is 0 Å². The topological polar surface area (TPSA) is 78.7 Å². The quantitative estimate of drug-likeness (QED) is 0.287. The molecule has 2 fully saturated rings. The Balaban J connectivity index is 1.28. The van der Waals surface area contributed by atoms with Crippen molar-refractivity contribution in [2.45, 2.75) is 51.2 Å². The van der Waals surface area contributed by atoms with Gasteiger partial charge in [0.25, 0.3) is 0 Å². The maximum atomic E-state index is 6.31. The Bertz CT molecular complexity index is 1430. The molecule has 9 nitrogen and oxygen atoms in total. The first-order chi connectivity index (χ1) is 20.1. The largest absolute Gasteiger partial charge is 0.462 e. The van der Waals surface area contributed by atoms with Gasteiger partial charge in [0.15, 0.2) is 0 Å². The van der Waals surface area contributed by atoms with Crippen molar-refractivity contribution in [3.8, 4) is 6.01 Å². The molecule has 0 unspecified atom stereocenters. The van der Waals surface area contributed by atoms with Crippen LogP contribution in [0.5, 0.6) is 6.01 Å². The van der Waals surface area contributed by atoms with Crippen LogP contribution in [-0.4, -0.2) is 93.1 Å². The smallest absolute Gasteiger partial charge is 0.318 e. The van der Waals surface area contributed by atoms with Crippen LogP contribution in [0, 0.1) is 6.92 Å². The van der Waals surface area contributed by atoms with Crippen LogP contribution in [0.1, 0.15) is 36.1 Å². The van der Waals surface area contributed by atoms with Gasteiger partial charge in [0.05, 0.1) is 37.4 Å². The molecule has 0 saturated carbocycles. The fourth-order valence-electron chi connectivity index (χ4n) is 6.40. The molecule has 0 bridgehead atoms. The SMILES string of the molecule is COCCN=C=N[C@H]1CCN(c2nc(OC[C@@H]3CCCN3C)nc3c2CCN(c2cccc4cccc(C)c24)C3)C1. The van der Waals surface area contributed by atoms with Crippen LogP contribution in [0.3, 0.4) is 0 Å². The Labute approximate surface area is 242 Å². The molecule has 3 aromatic rings. The Morgan fingerprint density at radius 3 is 2.76 bits per heavy atom. The number of fused-ring (bicyclic) bond motifs is 2. The predicted molar refractivity (Wildman–Crippen MR) is 164 cm³/mol. The van der Waals surface area contributed by atoms with Crippen LogP contribution in [0.25, 0.3) is 10.8 Å². The van der Waals surface area contributed by atoms with Gasteiger partial charge in [0.2, 0.25) is 0 Å². The number of ether oxygens (including phenoxy) is 2. The highest BCUT2D eigenvalue weighted by atomic mass is 16.5. The summed E-state index contributed by atoms with van der Waals surface area (Å²) >= 11 is 0. The number of nitrogens with zero attached hydrogens (tertiary/aromatic N) is 7. The van der Waals surface area contributed by atoms with Crippen molar-refractivity contribution in [2.24, 2.45) is 9.98 Å². The molecular formula is C32H41N7O2. The second kappa shape index (κ2) is 12.6. The molecule has 0 spiro atoms. The molecule has 4 heterocycles. The Hall–Kier alpha value is -3.52. The first-order valence-electron chi connectivity index (χ1n) is 14.9. The average molecular weight is 556 g/mol. The number of likely N-dealkylation sites (tertiary alicyclic amines) is 1. The van der Waals surface area contributed by atoms with Crippen molar-refractivity contribution in [1.29, 1.82) is 0 Å². The molecular weight excluding hydrogens is 514 g/mol. The molecule has 41 heavy (non-hydrogen) atoms. The predicted octanol–water partition coefficient (Wildman–Crippen LogP) is 4.37. The second-order valence-electron chi connectivity index (χ2n) is 11.5. The lowest BCUT2D eigenvalue weighted by molar-refractivity contribution is 0.187. The van der Waals surface area contributed by atoms with Crippen LogP contribution in [0.2, 0.25) is 0 Å². The van der Waals surface area contributed by atoms with Gasteiger partial charge >= 0.3 is 6.01 Å². The summed E-state index contributed by atoms with van der Waals surface area (Å²) in [5.41, 5.74) is 4.87. The number of likely N-dealkylation sites (N-methyl/N-ethyl adjacent to an activating group) is 1. The third-order valence-corrected chi connectivity index (χ3v) is 8.71. The number of benzene rings is 2. The lowest BCUT2D eigenvalue weighted by atomic mass is 10.00. The Morgan fingerprint density at radius 2 is 1.93 bits per heavy atom. The molecule has 2 saturated heterocycles. The summed E-state index contributed by atoms with van der Waals surface area (Å²) in [5, 5.41) is 2.59. The van der Waals surface area contributed by atoms with Gasteiger partial charge in [0.1, 0.15) is 12.4 Å². The van der Waals surface area contributed by atoms with E-state index >= 15 is 0 Å². The Kier molecular flexibility index (Phi) is 8.46. The van der Waals surface area contributed by atoms with Crippen LogP contribution < -0.4 is 14.5 Å². The van der Waals surface area contributed by atoms with Crippen molar-refractivity contribution in [1.82, 2.24) is 14.9 Å². The zero-order valence-corrected chi connectivity index (χ0v) is 24.6. The molecule has 0 N–H and O–H groups in total. The fraction of sp³-hybridized carbons (Fsp3) is 0.531. The molecule has 6 rings (SSSR count). The first kappa shape index (κ1) is 27.6. The lowest BCUT2D eigenvalue weighted by Gasteiger charge is -2.33. The summed E-state index contributed by atoms with van der Waals surface area (Å²) in [4.78, 5) is 26.1. The molecule has 1 aromatic heterocycles. The van der Waals surface area contributed by atoms with Gasteiger partial charge in [-0.05, 0) is 63.2 Å². The van der Waals surface area contributed by atoms with Crippen LogP contribution in [0.15, 0.2) is 46.4 Å². The fourth-order valence-corrected chi connectivity index (χ4v) is 6.40. The molecule has 2 aromatic carbocycles. The van der Waals surface area contributed by atoms with E-state index in [1.54, 1.807) is 7.11 Å². The maximum Gasteiger partial charge on any atom is 0.318 e. The molecule has 2 atom stereocenters. The monoisotopic (exact) mass is 555 g/mol. The summed E-state index contributed by atoms with van der Waals surface area (Å²) in [6.07, 6.45) is 4.21. The summed E-state index contributed by atoms with van der Waals surface area (Å²) in [6.45, 7) is 8.46. The number of aromatic nitrogens is 2. The van der Waals surface area contributed by atoms with E-state index in [0.717, 1.165) is 63.5 Å². The highest BCUT2D eigenvalue weighted by Crippen LogP contribution is 2.36. The number of methoxy groups -OCH3 is 1. The van der Waals surface area contributed by atoms with Crippen molar-refractivity contribution in [3.63, 3.8) is 0 Å². The first-order valence-corrected chi connectivity index (χ1v) is 14.9. The lowest BCUT2D eigenvalue weighted by Crippen LogP contribution is -2.35. The van der Waals surface area contributed by atoms with E-state index in [9.17, 15) is 0 Å². The zero-order chi connectivity index (χ0) is 28.2. The zero-order valence-electron chi connectivity index (χ0n) is 24.6. The standard InChI is InChI=1S/C32H41N7O2/c1-23-7-4-8-24-9-5-11-29(30(23)24)38-17-13-27-28(20-38)35-32(41-21-26-10-6-15-37(26)2)36-31(27)39-16-12-25(19-39)34-22-33-14-18-40-3/h4-5,7-9,11,25-26H,6,10,12-21H2,1-3H3/t25-,26-/m0/s1. The van der Waals surface area contributed by atoms with Crippen molar-refractivity contribution in [3.05, 3.63) is 53.2 Å². The Morgan fingerprint density at radius 1 is 1.05 bits per heavy atom. The molecule has 0 radical (unpaired) electrons. The normalized spacial score (nSPS) is 20.8. The van der Waals surface area contributed by atoms with E-state index < -0.39 is 0 Å². The molecule has 0 amide bonds. The van der Waals surface area contributed by atoms with Crippen LogP contribution in [-0.2, 0) is 17.7 Å². The van der Waals surface area contributed by atoms with Crippen LogP contribution >= 0.6 is 0 Å². The third kappa shape index (κ3) is 6.08. The van der Waals surface area contributed by atoms with Crippen molar-refractivity contribution in [2.75, 3.05) is 69.9 Å². The van der Waals surface area contributed by atoms with Crippen molar-refractivity contribution < 1.29 is 9.47 Å². The number of hydrogen-bond acceptors (Lipinski definition) is 9. The van der Waals surface area contributed by atoms with E-state index in [4.69, 9.17) is 19.4 Å². The number of aliphatic imine (C=N–C) groups is 2. The maximum absolute atomic E-state index is 6.31. The minimum Gasteiger partial charge on any atom is -0.462 e. The van der Waals surface area contributed by atoms with Gasteiger partial charge in [-0.2, -0.15) is 9.97 Å². The summed E-state index contributed by atoms with van der Waals surface area (Å²) in [7, 11) is 3.85. The van der Waals surface area contributed by atoms with E-state index in [-0.39, 0.29) is 6.04 Å². The van der Waals surface area contributed by atoms with Crippen LogP contribution in [0.4, 0.5) is 11.5 Å². The van der Waals surface area contributed by atoms with E-state index in [2.05, 4.69) is 81.1 Å². The van der Waals surface area contributed by atoms with Gasteiger partial charge < -0.3 is 24.2 Å². The van der Waals surface area contributed by atoms with Gasteiger partial charge in [-0.25, -0.2) is 9.98 Å². The number of anilines is 2. The van der Waals surface area contributed by atoms with Gasteiger partial charge in [-0.1, -0.05) is 30.3 Å². The van der Waals surface area contributed by atoms with E-state index in [0.29, 0.717) is 31.8 Å². The molecule has 3 aliphatic rings. The second-order valence-corrected chi connectivity index (χ2v) is 11.5. The van der Waals surface area contributed by atoms with Gasteiger partial charge in [-0.15, -0.1) is 0 Å². The number of hydrogen-bond donors (Lipinski definition) is 0. The molecule has 3 aliphatic heterocycles. The summed E-state index contributed by atoms with van der Waals surface area (Å²) in [6, 6.07) is 17.1. The molecule has 0 aliphatic carbocycles. The van der Waals surface area contributed by atoms with Crippen molar-refractivity contribution >= 4 is 28.3 Å². The van der Waals surface area contributed by atoms with Gasteiger partial charge in [0, 0.05) is 49.4 Å². The molecule has 9 heteroatoms. The van der Waals surface area contributed by atoms with E-state index in [1.807, 2.05) is 0 Å². The minimum atomic E-state index is 0.155. The number of aryl methyl sites for hydroxylation is 1. The number of rotatable bonds is 9. The molecule has 216 valence electrons. The van der Waals surface area contributed by atoms with E-state index in [1.165, 1.54) is 34.0 Å². The summed E-state index contributed by atoms with van der Waals surface area (Å²) in [5.74, 6) is 1.01. The highest BCUT2D eigenvalue weighted by Gasteiger charge is 2.31. The average Bonchev–Trinajstić information content (AvgIpc) is 3.64. The third-order valence-electron chi connectivity index (χ3n) is 8.71. The summed E-state index contributed by atoms with van der Waals surface area (Å²) < 4.78 is 11.4. The highest BCUT2D eigenvalue weighted by molar-refractivity contribution is 5.97.